The molecular weight excluding hydrogens is 274 g/mol. The molecule has 2 aliphatic carbocycles. The molecule has 0 aromatic heterocycles. The van der Waals surface area contributed by atoms with Crippen LogP contribution in [0.3, 0.4) is 0 Å². The monoisotopic (exact) mass is 293 g/mol. The largest absolute Gasteiger partial charge is 0.314 e. The SMILES string of the molecule is Brc1ccc2c(c1)CC(CNC1CCC1)CC2. The molecule has 1 N–H and O–H groups in total. The lowest BCUT2D eigenvalue weighted by Crippen LogP contribution is -2.39. The van der Waals surface area contributed by atoms with Crippen LogP contribution in [0.15, 0.2) is 22.7 Å². The zero-order valence-electron chi connectivity index (χ0n) is 10.2. The highest BCUT2D eigenvalue weighted by molar-refractivity contribution is 9.10. The minimum Gasteiger partial charge on any atom is -0.314 e. The number of aryl methyl sites for hydroxylation is 1. The second kappa shape index (κ2) is 5.11. The van der Waals surface area contributed by atoms with E-state index in [-0.39, 0.29) is 0 Å². The lowest BCUT2D eigenvalue weighted by atomic mass is 9.83. The first-order chi connectivity index (χ1) is 8.31. The Morgan fingerprint density at radius 2 is 2.06 bits per heavy atom. The molecule has 0 aliphatic heterocycles. The van der Waals surface area contributed by atoms with Crippen molar-refractivity contribution in [2.75, 3.05) is 6.54 Å². The molecule has 2 heteroatoms. The molecular formula is C15H20BrN. The van der Waals surface area contributed by atoms with Gasteiger partial charge in [-0.2, -0.15) is 0 Å². The zero-order valence-corrected chi connectivity index (χ0v) is 11.8. The fraction of sp³-hybridized carbons (Fsp3) is 0.600. The van der Waals surface area contributed by atoms with E-state index in [1.54, 1.807) is 11.1 Å². The molecule has 1 aromatic carbocycles. The molecule has 2 aliphatic rings. The smallest absolute Gasteiger partial charge is 0.0178 e. The minimum absolute atomic E-state index is 0.832. The Morgan fingerprint density at radius 1 is 1.18 bits per heavy atom. The number of fused-ring (bicyclic) bond motifs is 1. The van der Waals surface area contributed by atoms with E-state index in [9.17, 15) is 0 Å². The van der Waals surface area contributed by atoms with Crippen molar-refractivity contribution in [1.29, 1.82) is 0 Å². The first kappa shape index (κ1) is 11.7. The fourth-order valence-corrected chi connectivity index (χ4v) is 3.33. The van der Waals surface area contributed by atoms with Crippen LogP contribution in [0.4, 0.5) is 0 Å². The molecule has 3 rings (SSSR count). The summed E-state index contributed by atoms with van der Waals surface area (Å²) in [5, 5.41) is 3.72. The van der Waals surface area contributed by atoms with E-state index < -0.39 is 0 Å². The normalized spacial score (nSPS) is 24.2. The highest BCUT2D eigenvalue weighted by Crippen LogP contribution is 2.28. The molecule has 1 saturated carbocycles. The molecule has 92 valence electrons. The number of halogens is 1. The summed E-state index contributed by atoms with van der Waals surface area (Å²) in [6.45, 7) is 1.22. The Balaban J connectivity index is 1.59. The van der Waals surface area contributed by atoms with Gasteiger partial charge in [-0.3, -0.25) is 0 Å². The van der Waals surface area contributed by atoms with Crippen molar-refractivity contribution < 1.29 is 0 Å². The van der Waals surface area contributed by atoms with Gasteiger partial charge in [0.05, 0.1) is 0 Å². The van der Waals surface area contributed by atoms with Crippen LogP contribution in [0, 0.1) is 5.92 Å². The highest BCUT2D eigenvalue weighted by Gasteiger charge is 2.21. The van der Waals surface area contributed by atoms with Crippen molar-refractivity contribution in [2.24, 2.45) is 5.92 Å². The van der Waals surface area contributed by atoms with Crippen LogP contribution in [0.25, 0.3) is 0 Å². The number of hydrogen-bond acceptors (Lipinski definition) is 1. The van der Waals surface area contributed by atoms with Gasteiger partial charge in [0.1, 0.15) is 0 Å². The number of benzene rings is 1. The van der Waals surface area contributed by atoms with Gasteiger partial charge in [0.25, 0.3) is 0 Å². The third kappa shape index (κ3) is 2.74. The highest BCUT2D eigenvalue weighted by atomic mass is 79.9. The van der Waals surface area contributed by atoms with Crippen LogP contribution in [0.5, 0.6) is 0 Å². The van der Waals surface area contributed by atoms with Crippen LogP contribution < -0.4 is 5.32 Å². The van der Waals surface area contributed by atoms with Gasteiger partial charge in [0.2, 0.25) is 0 Å². The van der Waals surface area contributed by atoms with E-state index in [4.69, 9.17) is 0 Å². The van der Waals surface area contributed by atoms with Crippen LogP contribution in [0.1, 0.15) is 36.8 Å². The van der Waals surface area contributed by atoms with E-state index in [2.05, 4.69) is 39.4 Å². The lowest BCUT2D eigenvalue weighted by Gasteiger charge is -2.31. The van der Waals surface area contributed by atoms with Crippen LogP contribution in [-0.2, 0) is 12.8 Å². The summed E-state index contributed by atoms with van der Waals surface area (Å²) in [5.41, 5.74) is 3.12. The van der Waals surface area contributed by atoms with Gasteiger partial charge >= 0.3 is 0 Å². The van der Waals surface area contributed by atoms with Crippen molar-refractivity contribution in [1.82, 2.24) is 5.32 Å². The summed E-state index contributed by atoms with van der Waals surface area (Å²) in [6.07, 6.45) is 8.10. The van der Waals surface area contributed by atoms with Gasteiger partial charge in [-0.25, -0.2) is 0 Å². The van der Waals surface area contributed by atoms with Gasteiger partial charge in [-0.15, -0.1) is 0 Å². The molecule has 1 nitrogen and oxygen atoms in total. The van der Waals surface area contributed by atoms with Crippen molar-refractivity contribution in [3.63, 3.8) is 0 Å². The van der Waals surface area contributed by atoms with Gasteiger partial charge in [-0.05, 0) is 67.8 Å². The predicted molar refractivity (Wildman–Crippen MR) is 75.3 cm³/mol. The molecule has 1 atom stereocenters. The summed E-state index contributed by atoms with van der Waals surface area (Å²) >= 11 is 3.58. The standard InChI is InChI=1S/C15H20BrN/c16-14-7-6-12-5-4-11(8-13(12)9-14)10-17-15-2-1-3-15/h6-7,9,11,15,17H,1-5,8,10H2. The molecule has 1 unspecified atom stereocenters. The maximum absolute atomic E-state index is 3.72. The van der Waals surface area contributed by atoms with E-state index in [1.165, 1.54) is 49.5 Å². The average Bonchev–Trinajstić information content (AvgIpc) is 2.26. The Kier molecular flexibility index (Phi) is 3.53. The Morgan fingerprint density at radius 3 is 2.82 bits per heavy atom. The van der Waals surface area contributed by atoms with E-state index in [0.29, 0.717) is 0 Å². The second-order valence-electron chi connectivity index (χ2n) is 5.56. The van der Waals surface area contributed by atoms with E-state index in [0.717, 1.165) is 12.0 Å². The van der Waals surface area contributed by atoms with Crippen LogP contribution in [0.2, 0.25) is 0 Å². The first-order valence-corrected chi connectivity index (χ1v) is 7.61. The van der Waals surface area contributed by atoms with Gasteiger partial charge < -0.3 is 5.32 Å². The molecule has 17 heavy (non-hydrogen) atoms. The van der Waals surface area contributed by atoms with Crippen molar-refractivity contribution >= 4 is 15.9 Å². The second-order valence-corrected chi connectivity index (χ2v) is 6.47. The summed E-state index contributed by atoms with van der Waals surface area (Å²) < 4.78 is 1.23. The van der Waals surface area contributed by atoms with E-state index >= 15 is 0 Å². The molecule has 0 saturated heterocycles. The Bertz CT molecular complexity index is 398. The van der Waals surface area contributed by atoms with Crippen LogP contribution in [-0.4, -0.2) is 12.6 Å². The van der Waals surface area contributed by atoms with Crippen molar-refractivity contribution in [3.05, 3.63) is 33.8 Å². The molecule has 0 amide bonds. The number of nitrogens with one attached hydrogen (secondary N) is 1. The zero-order chi connectivity index (χ0) is 11.7. The Hall–Kier alpha value is -0.340. The summed E-state index contributed by atoms with van der Waals surface area (Å²) in [4.78, 5) is 0. The first-order valence-electron chi connectivity index (χ1n) is 6.82. The molecule has 1 aromatic rings. The topological polar surface area (TPSA) is 12.0 Å². The molecule has 1 fully saturated rings. The Labute approximate surface area is 112 Å². The maximum Gasteiger partial charge on any atom is 0.0178 e. The molecule has 0 spiro atoms. The van der Waals surface area contributed by atoms with Crippen molar-refractivity contribution in [2.45, 2.75) is 44.6 Å². The summed E-state index contributed by atoms with van der Waals surface area (Å²) in [7, 11) is 0. The fourth-order valence-electron chi connectivity index (χ4n) is 2.92. The summed E-state index contributed by atoms with van der Waals surface area (Å²) in [5.74, 6) is 0.845. The maximum atomic E-state index is 3.72. The number of hydrogen-bond donors (Lipinski definition) is 1. The molecule has 0 heterocycles. The van der Waals surface area contributed by atoms with Gasteiger partial charge in [-0.1, -0.05) is 28.4 Å². The van der Waals surface area contributed by atoms with Crippen LogP contribution >= 0.6 is 15.9 Å². The third-order valence-electron chi connectivity index (χ3n) is 4.30. The molecule has 0 radical (unpaired) electrons. The van der Waals surface area contributed by atoms with Crippen molar-refractivity contribution in [3.8, 4) is 0 Å². The minimum atomic E-state index is 0.832. The predicted octanol–water partition coefficient (Wildman–Crippen LogP) is 3.70. The summed E-state index contributed by atoms with van der Waals surface area (Å²) in [6, 6.07) is 7.60. The number of rotatable bonds is 3. The molecule has 0 bridgehead atoms. The van der Waals surface area contributed by atoms with Gasteiger partial charge in [0.15, 0.2) is 0 Å². The lowest BCUT2D eigenvalue weighted by molar-refractivity contribution is 0.305. The van der Waals surface area contributed by atoms with Gasteiger partial charge in [0, 0.05) is 10.5 Å². The average molecular weight is 294 g/mol. The van der Waals surface area contributed by atoms with E-state index in [1.807, 2.05) is 0 Å². The third-order valence-corrected chi connectivity index (χ3v) is 4.79. The quantitative estimate of drug-likeness (QED) is 0.896.